The monoisotopic (exact) mass is 171 g/mol. The standard InChI is InChI=1S/C9H17NO2/c1-10-6-8(9(11)12)7-4-2-3-5-7/h7-8,10H,2-6H2,1H3,(H,11,12). The summed E-state index contributed by atoms with van der Waals surface area (Å²) in [4.78, 5) is 10.8. The van der Waals surface area contributed by atoms with Gasteiger partial charge in [0.2, 0.25) is 0 Å². The molecule has 1 atom stereocenters. The average molecular weight is 171 g/mol. The summed E-state index contributed by atoms with van der Waals surface area (Å²) >= 11 is 0. The number of hydrogen-bond donors (Lipinski definition) is 2. The van der Waals surface area contributed by atoms with E-state index in [4.69, 9.17) is 5.11 Å². The van der Waals surface area contributed by atoms with Crippen molar-refractivity contribution >= 4 is 5.97 Å². The van der Waals surface area contributed by atoms with Crippen molar-refractivity contribution in [3.63, 3.8) is 0 Å². The Bertz CT molecular complexity index is 153. The van der Waals surface area contributed by atoms with Crippen molar-refractivity contribution in [2.45, 2.75) is 25.7 Å². The maximum atomic E-state index is 10.8. The van der Waals surface area contributed by atoms with Gasteiger partial charge < -0.3 is 10.4 Å². The number of rotatable bonds is 4. The first-order valence-electron chi connectivity index (χ1n) is 4.63. The van der Waals surface area contributed by atoms with Gasteiger partial charge in [-0.1, -0.05) is 12.8 Å². The summed E-state index contributed by atoms with van der Waals surface area (Å²) in [5, 5.41) is 11.9. The number of nitrogens with one attached hydrogen (secondary N) is 1. The SMILES string of the molecule is CNCC(C(=O)O)C1CCCC1. The molecule has 1 rings (SSSR count). The topological polar surface area (TPSA) is 49.3 Å². The van der Waals surface area contributed by atoms with E-state index in [9.17, 15) is 4.79 Å². The second kappa shape index (κ2) is 4.45. The van der Waals surface area contributed by atoms with Gasteiger partial charge in [-0.3, -0.25) is 4.79 Å². The highest BCUT2D eigenvalue weighted by atomic mass is 16.4. The van der Waals surface area contributed by atoms with E-state index in [0.29, 0.717) is 12.5 Å². The molecule has 3 nitrogen and oxygen atoms in total. The predicted molar refractivity (Wildman–Crippen MR) is 47.0 cm³/mol. The van der Waals surface area contributed by atoms with E-state index < -0.39 is 5.97 Å². The van der Waals surface area contributed by atoms with Crippen molar-refractivity contribution in [3.05, 3.63) is 0 Å². The molecule has 1 unspecified atom stereocenters. The average Bonchev–Trinajstić information content (AvgIpc) is 2.51. The molecule has 3 heteroatoms. The van der Waals surface area contributed by atoms with Crippen LogP contribution in [0.15, 0.2) is 0 Å². The first kappa shape index (κ1) is 9.52. The molecule has 70 valence electrons. The summed E-state index contributed by atoms with van der Waals surface area (Å²) in [5.41, 5.74) is 0. The molecule has 2 N–H and O–H groups in total. The van der Waals surface area contributed by atoms with Crippen molar-refractivity contribution in [2.24, 2.45) is 11.8 Å². The molecular weight excluding hydrogens is 154 g/mol. The Kier molecular flexibility index (Phi) is 3.53. The summed E-state index contributed by atoms with van der Waals surface area (Å²) in [5.74, 6) is -0.399. The lowest BCUT2D eigenvalue weighted by Crippen LogP contribution is -2.31. The van der Waals surface area contributed by atoms with E-state index >= 15 is 0 Å². The van der Waals surface area contributed by atoms with Crippen LogP contribution in [0, 0.1) is 11.8 Å². The van der Waals surface area contributed by atoms with Crippen molar-refractivity contribution < 1.29 is 9.90 Å². The zero-order chi connectivity index (χ0) is 8.97. The third kappa shape index (κ3) is 2.21. The fourth-order valence-corrected chi connectivity index (χ4v) is 2.04. The van der Waals surface area contributed by atoms with Crippen LogP contribution >= 0.6 is 0 Å². The Morgan fingerprint density at radius 3 is 2.58 bits per heavy atom. The molecule has 0 aromatic carbocycles. The summed E-state index contributed by atoms with van der Waals surface area (Å²) in [6.07, 6.45) is 4.60. The second-order valence-electron chi connectivity index (χ2n) is 3.55. The normalized spacial score (nSPS) is 21.1. The first-order valence-corrected chi connectivity index (χ1v) is 4.63. The zero-order valence-corrected chi connectivity index (χ0v) is 7.55. The van der Waals surface area contributed by atoms with Gasteiger partial charge in [0.05, 0.1) is 5.92 Å². The van der Waals surface area contributed by atoms with E-state index in [1.54, 1.807) is 0 Å². The molecule has 0 radical (unpaired) electrons. The summed E-state index contributed by atoms with van der Waals surface area (Å²) in [7, 11) is 1.81. The van der Waals surface area contributed by atoms with Crippen LogP contribution in [-0.2, 0) is 4.79 Å². The van der Waals surface area contributed by atoms with Crippen LogP contribution in [0.5, 0.6) is 0 Å². The van der Waals surface area contributed by atoms with Gasteiger partial charge in [0.1, 0.15) is 0 Å². The van der Waals surface area contributed by atoms with Crippen LogP contribution in [0.4, 0.5) is 0 Å². The minimum atomic E-state index is -0.642. The molecule has 1 aliphatic rings. The van der Waals surface area contributed by atoms with E-state index in [0.717, 1.165) is 12.8 Å². The highest BCUT2D eigenvalue weighted by Crippen LogP contribution is 2.31. The van der Waals surface area contributed by atoms with Crippen molar-refractivity contribution in [2.75, 3.05) is 13.6 Å². The van der Waals surface area contributed by atoms with Crippen LogP contribution in [0.3, 0.4) is 0 Å². The highest BCUT2D eigenvalue weighted by Gasteiger charge is 2.29. The lowest BCUT2D eigenvalue weighted by molar-refractivity contribution is -0.143. The van der Waals surface area contributed by atoms with Gasteiger partial charge in [0, 0.05) is 6.54 Å². The second-order valence-corrected chi connectivity index (χ2v) is 3.55. The summed E-state index contributed by atoms with van der Waals surface area (Å²) in [6, 6.07) is 0. The third-order valence-corrected chi connectivity index (χ3v) is 2.71. The molecule has 0 bridgehead atoms. The fraction of sp³-hybridized carbons (Fsp3) is 0.889. The summed E-state index contributed by atoms with van der Waals surface area (Å²) in [6.45, 7) is 0.611. The van der Waals surface area contributed by atoms with Crippen LogP contribution in [0.25, 0.3) is 0 Å². The lowest BCUT2D eigenvalue weighted by Gasteiger charge is -2.18. The van der Waals surface area contributed by atoms with E-state index in [1.807, 2.05) is 7.05 Å². The fourth-order valence-electron chi connectivity index (χ4n) is 2.04. The van der Waals surface area contributed by atoms with E-state index in [1.165, 1.54) is 12.8 Å². The van der Waals surface area contributed by atoms with Crippen LogP contribution in [0.1, 0.15) is 25.7 Å². The maximum Gasteiger partial charge on any atom is 0.308 e. The van der Waals surface area contributed by atoms with Gasteiger partial charge in [-0.15, -0.1) is 0 Å². The molecule has 12 heavy (non-hydrogen) atoms. The molecule has 0 aromatic heterocycles. The number of carbonyl (C=O) groups is 1. The van der Waals surface area contributed by atoms with Crippen LogP contribution in [-0.4, -0.2) is 24.7 Å². The number of carboxylic acid groups (broad SMARTS) is 1. The molecule has 0 saturated heterocycles. The number of hydrogen-bond acceptors (Lipinski definition) is 2. The van der Waals surface area contributed by atoms with Crippen LogP contribution < -0.4 is 5.32 Å². The van der Waals surface area contributed by atoms with Crippen molar-refractivity contribution in [1.82, 2.24) is 5.32 Å². The first-order chi connectivity index (χ1) is 5.75. The Hall–Kier alpha value is -0.570. The molecule has 0 aliphatic heterocycles. The largest absolute Gasteiger partial charge is 0.481 e. The molecule has 1 saturated carbocycles. The Labute approximate surface area is 73.2 Å². The Morgan fingerprint density at radius 2 is 2.17 bits per heavy atom. The van der Waals surface area contributed by atoms with Crippen molar-refractivity contribution in [1.29, 1.82) is 0 Å². The molecule has 0 spiro atoms. The lowest BCUT2D eigenvalue weighted by atomic mass is 9.91. The smallest absolute Gasteiger partial charge is 0.308 e. The molecule has 0 heterocycles. The zero-order valence-electron chi connectivity index (χ0n) is 7.55. The number of aliphatic carboxylic acids is 1. The maximum absolute atomic E-state index is 10.8. The highest BCUT2D eigenvalue weighted by molar-refractivity contribution is 5.70. The van der Waals surface area contributed by atoms with E-state index in [-0.39, 0.29) is 5.92 Å². The molecule has 1 fully saturated rings. The van der Waals surface area contributed by atoms with Gasteiger partial charge in [0.15, 0.2) is 0 Å². The number of carboxylic acids is 1. The minimum absolute atomic E-state index is 0.169. The quantitative estimate of drug-likeness (QED) is 0.666. The third-order valence-electron chi connectivity index (χ3n) is 2.71. The Balaban J connectivity index is 2.45. The Morgan fingerprint density at radius 1 is 1.58 bits per heavy atom. The molecule has 1 aliphatic carbocycles. The van der Waals surface area contributed by atoms with Gasteiger partial charge in [-0.05, 0) is 25.8 Å². The van der Waals surface area contributed by atoms with E-state index in [2.05, 4.69) is 5.32 Å². The van der Waals surface area contributed by atoms with Gasteiger partial charge in [-0.25, -0.2) is 0 Å². The summed E-state index contributed by atoms with van der Waals surface area (Å²) < 4.78 is 0. The molecule has 0 aromatic rings. The van der Waals surface area contributed by atoms with Gasteiger partial charge >= 0.3 is 5.97 Å². The predicted octanol–water partition coefficient (Wildman–Crippen LogP) is 1.10. The minimum Gasteiger partial charge on any atom is -0.481 e. The molecular formula is C9H17NO2. The van der Waals surface area contributed by atoms with Gasteiger partial charge in [-0.2, -0.15) is 0 Å². The van der Waals surface area contributed by atoms with Crippen molar-refractivity contribution in [3.8, 4) is 0 Å². The molecule has 0 amide bonds. The van der Waals surface area contributed by atoms with Crippen LogP contribution in [0.2, 0.25) is 0 Å². The van der Waals surface area contributed by atoms with Gasteiger partial charge in [0.25, 0.3) is 0 Å².